The number of rotatable bonds is 7. The predicted molar refractivity (Wildman–Crippen MR) is 102 cm³/mol. The van der Waals surface area contributed by atoms with Crippen LogP contribution in [0.1, 0.15) is 17.3 Å². The van der Waals surface area contributed by atoms with E-state index in [1.54, 1.807) is 24.3 Å². The van der Waals surface area contributed by atoms with Crippen molar-refractivity contribution in [2.45, 2.75) is 11.8 Å². The SMILES string of the molecule is CC(=O)Nc1ccc(S(=O)(=O)NCCNC(=O)c2ccccc2Br)cc1. The Kier molecular flexibility index (Phi) is 6.90. The molecule has 0 aliphatic carbocycles. The summed E-state index contributed by atoms with van der Waals surface area (Å²) in [7, 11) is -3.70. The molecule has 0 fully saturated rings. The van der Waals surface area contributed by atoms with Gasteiger partial charge in [0.2, 0.25) is 15.9 Å². The van der Waals surface area contributed by atoms with Crippen molar-refractivity contribution in [1.82, 2.24) is 10.0 Å². The van der Waals surface area contributed by atoms with E-state index >= 15 is 0 Å². The van der Waals surface area contributed by atoms with Crippen LogP contribution in [0.25, 0.3) is 0 Å². The Labute approximate surface area is 160 Å². The molecule has 0 radical (unpaired) electrons. The fourth-order valence-corrected chi connectivity index (χ4v) is 3.60. The maximum Gasteiger partial charge on any atom is 0.252 e. The summed E-state index contributed by atoms with van der Waals surface area (Å²) in [6.07, 6.45) is 0. The molecular weight excluding hydrogens is 422 g/mol. The number of sulfonamides is 1. The standard InChI is InChI=1S/C17H18BrN3O4S/c1-12(22)21-13-6-8-14(9-7-13)26(24,25)20-11-10-19-17(23)15-4-2-3-5-16(15)18/h2-9,20H,10-11H2,1H3,(H,19,23)(H,21,22). The van der Waals surface area contributed by atoms with Crippen molar-refractivity contribution < 1.29 is 18.0 Å². The van der Waals surface area contributed by atoms with E-state index in [1.165, 1.54) is 31.2 Å². The van der Waals surface area contributed by atoms with E-state index in [9.17, 15) is 18.0 Å². The van der Waals surface area contributed by atoms with Gasteiger partial charge in [-0.05, 0) is 52.3 Å². The predicted octanol–water partition coefficient (Wildman–Crippen LogP) is 2.12. The first-order valence-electron chi connectivity index (χ1n) is 7.69. The molecule has 2 rings (SSSR count). The summed E-state index contributed by atoms with van der Waals surface area (Å²) < 4.78 is 27.5. The van der Waals surface area contributed by atoms with Crippen LogP contribution in [0.5, 0.6) is 0 Å². The number of amides is 2. The zero-order valence-corrected chi connectivity index (χ0v) is 16.4. The highest BCUT2D eigenvalue weighted by Crippen LogP contribution is 2.15. The smallest absolute Gasteiger partial charge is 0.252 e. The molecule has 0 saturated heterocycles. The molecule has 2 amide bonds. The normalized spacial score (nSPS) is 11.0. The molecule has 0 unspecified atom stereocenters. The molecule has 138 valence electrons. The van der Waals surface area contributed by atoms with Gasteiger partial charge in [0, 0.05) is 30.2 Å². The number of carbonyl (C=O) groups is 2. The van der Waals surface area contributed by atoms with E-state index in [1.807, 2.05) is 0 Å². The highest BCUT2D eigenvalue weighted by Gasteiger charge is 2.14. The van der Waals surface area contributed by atoms with Crippen LogP contribution in [0.2, 0.25) is 0 Å². The van der Waals surface area contributed by atoms with E-state index in [-0.39, 0.29) is 29.8 Å². The highest BCUT2D eigenvalue weighted by molar-refractivity contribution is 9.10. The molecule has 0 atom stereocenters. The summed E-state index contributed by atoms with van der Waals surface area (Å²) in [6, 6.07) is 12.8. The lowest BCUT2D eigenvalue weighted by molar-refractivity contribution is -0.114. The molecular formula is C17H18BrN3O4S. The second kappa shape index (κ2) is 8.93. The summed E-state index contributed by atoms with van der Waals surface area (Å²) in [5.74, 6) is -0.532. The van der Waals surface area contributed by atoms with E-state index in [4.69, 9.17) is 0 Å². The average Bonchev–Trinajstić information content (AvgIpc) is 2.59. The van der Waals surface area contributed by atoms with Gasteiger partial charge in [0.05, 0.1) is 10.5 Å². The van der Waals surface area contributed by atoms with Gasteiger partial charge in [0.1, 0.15) is 0 Å². The van der Waals surface area contributed by atoms with Gasteiger partial charge in [-0.25, -0.2) is 13.1 Å². The molecule has 0 heterocycles. The zero-order valence-electron chi connectivity index (χ0n) is 14.0. The van der Waals surface area contributed by atoms with Crippen LogP contribution in [-0.4, -0.2) is 33.3 Å². The molecule has 7 nitrogen and oxygen atoms in total. The Balaban J connectivity index is 1.87. The summed E-state index contributed by atoms with van der Waals surface area (Å²) >= 11 is 3.29. The quantitative estimate of drug-likeness (QED) is 0.574. The minimum Gasteiger partial charge on any atom is -0.351 e. The molecule has 0 aromatic heterocycles. The van der Waals surface area contributed by atoms with Gasteiger partial charge in [-0.3, -0.25) is 9.59 Å². The first kappa shape index (κ1) is 20.1. The zero-order chi connectivity index (χ0) is 19.2. The molecule has 0 aliphatic heterocycles. The van der Waals surface area contributed by atoms with Crippen LogP contribution in [0, 0.1) is 0 Å². The van der Waals surface area contributed by atoms with Crippen LogP contribution in [0.3, 0.4) is 0 Å². The van der Waals surface area contributed by atoms with Crippen molar-refractivity contribution in [1.29, 1.82) is 0 Å². The molecule has 0 aliphatic rings. The van der Waals surface area contributed by atoms with Gasteiger partial charge in [-0.15, -0.1) is 0 Å². The third-order valence-electron chi connectivity index (χ3n) is 3.31. The second-order valence-electron chi connectivity index (χ2n) is 5.34. The maximum atomic E-state index is 12.2. The highest BCUT2D eigenvalue weighted by atomic mass is 79.9. The van der Waals surface area contributed by atoms with Crippen molar-refractivity contribution in [3.05, 3.63) is 58.6 Å². The van der Waals surface area contributed by atoms with Gasteiger partial charge < -0.3 is 10.6 Å². The molecule has 9 heteroatoms. The third-order valence-corrected chi connectivity index (χ3v) is 5.47. The lowest BCUT2D eigenvalue weighted by atomic mass is 10.2. The Bertz CT molecular complexity index is 898. The van der Waals surface area contributed by atoms with Crippen LogP contribution in [-0.2, 0) is 14.8 Å². The Hall–Kier alpha value is -2.23. The molecule has 2 aromatic carbocycles. The number of hydrogen-bond donors (Lipinski definition) is 3. The monoisotopic (exact) mass is 439 g/mol. The molecule has 26 heavy (non-hydrogen) atoms. The lowest BCUT2D eigenvalue weighted by Gasteiger charge is -2.09. The number of anilines is 1. The first-order chi connectivity index (χ1) is 12.3. The van der Waals surface area contributed by atoms with E-state index < -0.39 is 10.0 Å². The fraction of sp³-hybridized carbons (Fsp3) is 0.176. The largest absolute Gasteiger partial charge is 0.351 e. The number of carbonyl (C=O) groups excluding carboxylic acids is 2. The molecule has 0 spiro atoms. The van der Waals surface area contributed by atoms with Crippen molar-refractivity contribution >= 4 is 43.5 Å². The van der Waals surface area contributed by atoms with Gasteiger partial charge >= 0.3 is 0 Å². The number of benzene rings is 2. The van der Waals surface area contributed by atoms with E-state index in [2.05, 4.69) is 31.3 Å². The average molecular weight is 440 g/mol. The number of nitrogens with one attached hydrogen (secondary N) is 3. The van der Waals surface area contributed by atoms with Gasteiger partial charge in [0.25, 0.3) is 5.91 Å². The third kappa shape index (κ3) is 5.65. The minimum absolute atomic E-state index is 0.0476. The minimum atomic E-state index is -3.70. The van der Waals surface area contributed by atoms with E-state index in [0.29, 0.717) is 15.7 Å². The summed E-state index contributed by atoms with van der Waals surface area (Å²) in [4.78, 5) is 23.1. The van der Waals surface area contributed by atoms with Gasteiger partial charge in [0.15, 0.2) is 0 Å². The van der Waals surface area contributed by atoms with Crippen LogP contribution in [0.4, 0.5) is 5.69 Å². The number of halogens is 1. The Morgan fingerprint density at radius 1 is 1.00 bits per heavy atom. The van der Waals surface area contributed by atoms with Crippen molar-refractivity contribution in [3.63, 3.8) is 0 Å². The van der Waals surface area contributed by atoms with Gasteiger partial charge in [-0.1, -0.05) is 12.1 Å². The van der Waals surface area contributed by atoms with E-state index in [0.717, 1.165) is 0 Å². The van der Waals surface area contributed by atoms with Crippen LogP contribution in [0.15, 0.2) is 57.9 Å². The summed E-state index contributed by atoms with van der Waals surface area (Å²) in [5, 5.41) is 5.21. The van der Waals surface area contributed by atoms with Crippen LogP contribution >= 0.6 is 15.9 Å². The van der Waals surface area contributed by atoms with Crippen LogP contribution < -0.4 is 15.4 Å². The molecule has 0 bridgehead atoms. The second-order valence-corrected chi connectivity index (χ2v) is 7.96. The van der Waals surface area contributed by atoms with Gasteiger partial charge in [-0.2, -0.15) is 0 Å². The molecule has 0 saturated carbocycles. The first-order valence-corrected chi connectivity index (χ1v) is 9.97. The summed E-state index contributed by atoms with van der Waals surface area (Å²) in [5.41, 5.74) is 0.987. The number of hydrogen-bond acceptors (Lipinski definition) is 4. The fourth-order valence-electron chi connectivity index (χ4n) is 2.11. The maximum absolute atomic E-state index is 12.2. The topological polar surface area (TPSA) is 104 Å². The molecule has 2 aromatic rings. The van der Waals surface area contributed by atoms with Crippen molar-refractivity contribution in [3.8, 4) is 0 Å². The summed E-state index contributed by atoms with van der Waals surface area (Å²) in [6.45, 7) is 1.56. The lowest BCUT2D eigenvalue weighted by Crippen LogP contribution is -2.34. The van der Waals surface area contributed by atoms with Crippen molar-refractivity contribution in [2.24, 2.45) is 0 Å². The Morgan fingerprint density at radius 3 is 2.27 bits per heavy atom. The Morgan fingerprint density at radius 2 is 1.65 bits per heavy atom. The van der Waals surface area contributed by atoms with Crippen molar-refractivity contribution in [2.75, 3.05) is 18.4 Å². The molecule has 3 N–H and O–H groups in total.